The van der Waals surface area contributed by atoms with Crippen LogP contribution in [0.2, 0.25) is 0 Å². The van der Waals surface area contributed by atoms with Gasteiger partial charge in [-0.3, -0.25) is 14.4 Å². The summed E-state index contributed by atoms with van der Waals surface area (Å²) in [5, 5.41) is 12.8. The van der Waals surface area contributed by atoms with Gasteiger partial charge in [0.25, 0.3) is 11.8 Å². The first-order valence-electron chi connectivity index (χ1n) is 17.7. The Balaban J connectivity index is 2.55. The molecule has 1 rings (SSSR count). The molecular formula is C32H58N10O13. The molecule has 1 aromatic rings. The quantitative estimate of drug-likeness (QED) is 0.0351. The maximum Gasteiger partial charge on any atom is 0.407 e. The van der Waals surface area contributed by atoms with Crippen molar-refractivity contribution in [1.29, 1.82) is 0 Å². The predicted molar refractivity (Wildman–Crippen MR) is 196 cm³/mol. The van der Waals surface area contributed by atoms with Crippen molar-refractivity contribution >= 4 is 41.5 Å². The van der Waals surface area contributed by atoms with Crippen molar-refractivity contribution in [3.05, 3.63) is 11.4 Å². The van der Waals surface area contributed by atoms with E-state index < -0.39 is 35.9 Å². The van der Waals surface area contributed by atoms with E-state index >= 15 is 0 Å². The second-order valence-electron chi connectivity index (χ2n) is 11.1. The SMILES string of the molecule is COCCOCCOCCOC(=O)NCCCCC(NC(=O)OCCOCCOCCOC)C(=O)NCCNC(=O)c1nc(N)c(C(=O)NCCN)nc1N. The third kappa shape index (κ3) is 23.7. The van der Waals surface area contributed by atoms with Gasteiger partial charge in [0.05, 0.1) is 66.1 Å². The molecule has 0 aliphatic heterocycles. The smallest absolute Gasteiger partial charge is 0.407 e. The molecule has 0 aliphatic carbocycles. The summed E-state index contributed by atoms with van der Waals surface area (Å²) in [6, 6.07) is -1.01. The van der Waals surface area contributed by atoms with Crippen molar-refractivity contribution in [2.24, 2.45) is 5.73 Å². The molecule has 0 saturated carbocycles. The van der Waals surface area contributed by atoms with Crippen LogP contribution in [0.5, 0.6) is 0 Å². The zero-order chi connectivity index (χ0) is 40.5. The lowest BCUT2D eigenvalue weighted by Crippen LogP contribution is -2.48. The van der Waals surface area contributed by atoms with Crippen molar-refractivity contribution in [1.82, 2.24) is 36.6 Å². The third-order valence-corrected chi connectivity index (χ3v) is 6.85. The van der Waals surface area contributed by atoms with Crippen LogP contribution >= 0.6 is 0 Å². The number of alkyl carbamates (subject to hydrolysis) is 2. The number of carbonyl (C=O) groups excluding carboxylic acids is 5. The summed E-state index contributed by atoms with van der Waals surface area (Å²) in [6.07, 6.45) is -0.393. The van der Waals surface area contributed by atoms with E-state index in [1.54, 1.807) is 14.2 Å². The number of aromatic nitrogens is 2. The standard InChI is InChI=1S/C32H58N10O13/c1-48-11-13-50-15-17-52-19-21-54-31(46)39-7-4-3-5-23(40-32(47)55-22-20-53-18-16-51-14-12-49-2)28(43)37-9-10-38-30(45)25-27(35)41-24(26(34)42-25)29(44)36-8-6-33/h23H,3-22,33H2,1-2H3,(H2,34,42)(H2,35,41)(H,36,44)(H,37,43)(H,38,45)(H,39,46)(H,40,47). The minimum absolute atomic E-state index is 0.0432. The number of nitrogen functional groups attached to an aromatic ring is 2. The van der Waals surface area contributed by atoms with E-state index in [2.05, 4.69) is 36.6 Å². The van der Waals surface area contributed by atoms with Crippen molar-refractivity contribution in [3.63, 3.8) is 0 Å². The van der Waals surface area contributed by atoms with E-state index in [4.69, 9.17) is 55.1 Å². The molecule has 5 amide bonds. The van der Waals surface area contributed by atoms with E-state index in [1.165, 1.54) is 0 Å². The van der Waals surface area contributed by atoms with Gasteiger partial charge in [-0.25, -0.2) is 19.6 Å². The predicted octanol–water partition coefficient (Wildman–Crippen LogP) is -2.47. The molecule has 1 unspecified atom stereocenters. The lowest BCUT2D eigenvalue weighted by molar-refractivity contribution is -0.123. The van der Waals surface area contributed by atoms with Crippen LogP contribution in [0.1, 0.15) is 40.2 Å². The highest BCUT2D eigenvalue weighted by Crippen LogP contribution is 2.13. The normalized spacial score (nSPS) is 11.3. The van der Waals surface area contributed by atoms with Crippen molar-refractivity contribution in [3.8, 4) is 0 Å². The van der Waals surface area contributed by atoms with Crippen LogP contribution in [0.15, 0.2) is 0 Å². The first kappa shape index (κ1) is 48.4. The van der Waals surface area contributed by atoms with Crippen LogP contribution in [0.25, 0.3) is 0 Å². The van der Waals surface area contributed by atoms with Gasteiger partial charge >= 0.3 is 12.2 Å². The summed E-state index contributed by atoms with van der Waals surface area (Å²) in [6.45, 7) is 4.06. The molecular weight excluding hydrogens is 732 g/mol. The van der Waals surface area contributed by atoms with Gasteiger partial charge in [0, 0.05) is 46.9 Å². The number of unbranched alkanes of at least 4 members (excludes halogenated alkanes) is 1. The number of nitrogens with zero attached hydrogens (tertiary/aromatic N) is 2. The average Bonchev–Trinajstić information content (AvgIpc) is 3.17. The second kappa shape index (κ2) is 31.7. The van der Waals surface area contributed by atoms with Gasteiger partial charge in [-0.15, -0.1) is 0 Å². The molecule has 0 aromatic carbocycles. The Morgan fingerprint density at radius 3 is 1.53 bits per heavy atom. The molecule has 23 heteroatoms. The molecule has 11 N–H and O–H groups in total. The number of hydrogen-bond donors (Lipinski definition) is 8. The Morgan fingerprint density at radius 2 is 1.02 bits per heavy atom. The Labute approximate surface area is 320 Å². The Bertz CT molecular complexity index is 1270. The maximum atomic E-state index is 13.1. The molecule has 55 heavy (non-hydrogen) atoms. The summed E-state index contributed by atoms with van der Waals surface area (Å²) >= 11 is 0. The minimum Gasteiger partial charge on any atom is -0.447 e. The lowest BCUT2D eigenvalue weighted by atomic mass is 10.1. The largest absolute Gasteiger partial charge is 0.447 e. The lowest BCUT2D eigenvalue weighted by Gasteiger charge is -2.19. The molecule has 0 bridgehead atoms. The Hall–Kier alpha value is -4.65. The number of hydrogen-bond acceptors (Lipinski definition) is 18. The van der Waals surface area contributed by atoms with Gasteiger partial charge in [0.15, 0.2) is 23.0 Å². The van der Waals surface area contributed by atoms with Crippen molar-refractivity contribution in [2.45, 2.75) is 25.3 Å². The number of rotatable bonds is 32. The molecule has 0 radical (unpaired) electrons. The zero-order valence-electron chi connectivity index (χ0n) is 31.7. The fraction of sp³-hybridized carbons (Fsp3) is 0.719. The topological polar surface area (TPSA) is 323 Å². The van der Waals surface area contributed by atoms with Gasteiger partial charge in [-0.2, -0.15) is 0 Å². The molecule has 23 nitrogen and oxygen atoms in total. The molecule has 0 aliphatic rings. The Morgan fingerprint density at radius 1 is 0.564 bits per heavy atom. The highest BCUT2D eigenvalue weighted by atomic mass is 16.6. The van der Waals surface area contributed by atoms with Gasteiger partial charge < -0.3 is 81.7 Å². The van der Waals surface area contributed by atoms with E-state index in [-0.39, 0.29) is 88.6 Å². The second-order valence-corrected chi connectivity index (χ2v) is 11.1. The van der Waals surface area contributed by atoms with E-state index in [1.807, 2.05) is 0 Å². The molecule has 0 fully saturated rings. The number of nitrogens with two attached hydrogens (primary N) is 3. The summed E-state index contributed by atoms with van der Waals surface area (Å²) in [4.78, 5) is 70.2. The summed E-state index contributed by atoms with van der Waals surface area (Å²) in [5.41, 5.74) is 16.5. The van der Waals surface area contributed by atoms with Gasteiger partial charge in [0.1, 0.15) is 19.3 Å². The summed E-state index contributed by atoms with van der Waals surface area (Å²) < 4.78 is 41.2. The highest BCUT2D eigenvalue weighted by Gasteiger charge is 2.22. The number of nitrogens with one attached hydrogen (secondary N) is 5. The van der Waals surface area contributed by atoms with E-state index in [9.17, 15) is 24.0 Å². The average molecular weight is 791 g/mol. The van der Waals surface area contributed by atoms with Crippen LogP contribution in [0.3, 0.4) is 0 Å². The maximum absolute atomic E-state index is 13.1. The number of ether oxygens (including phenoxy) is 8. The molecule has 0 spiro atoms. The van der Waals surface area contributed by atoms with Crippen LogP contribution in [0, 0.1) is 0 Å². The molecule has 0 saturated heterocycles. The minimum atomic E-state index is -1.01. The Kier molecular flexibility index (Phi) is 27.9. The number of anilines is 2. The molecule has 314 valence electrons. The number of amides is 5. The first-order valence-corrected chi connectivity index (χ1v) is 17.7. The third-order valence-electron chi connectivity index (χ3n) is 6.85. The van der Waals surface area contributed by atoms with Crippen LogP contribution in [0.4, 0.5) is 21.2 Å². The van der Waals surface area contributed by atoms with Crippen molar-refractivity contribution < 1.29 is 61.9 Å². The fourth-order valence-electron chi connectivity index (χ4n) is 4.12. The van der Waals surface area contributed by atoms with Crippen LogP contribution in [-0.2, 0) is 42.7 Å². The van der Waals surface area contributed by atoms with Gasteiger partial charge in [0.2, 0.25) is 5.91 Å². The van der Waals surface area contributed by atoms with Crippen LogP contribution < -0.4 is 43.8 Å². The molecule has 1 aromatic heterocycles. The van der Waals surface area contributed by atoms with E-state index in [0.29, 0.717) is 65.7 Å². The van der Waals surface area contributed by atoms with E-state index in [0.717, 1.165) is 0 Å². The first-order chi connectivity index (χ1) is 26.6. The zero-order valence-corrected chi connectivity index (χ0v) is 31.7. The van der Waals surface area contributed by atoms with Crippen LogP contribution in [-0.4, -0.2) is 172 Å². The molecule has 1 atom stereocenters. The van der Waals surface area contributed by atoms with Crippen molar-refractivity contribution in [2.75, 3.05) is 138 Å². The summed E-state index contributed by atoms with van der Waals surface area (Å²) in [5.74, 6) is -2.59. The summed E-state index contributed by atoms with van der Waals surface area (Å²) in [7, 11) is 3.15. The number of carbonyl (C=O) groups is 5. The fourth-order valence-corrected chi connectivity index (χ4v) is 4.12. The van der Waals surface area contributed by atoms with Gasteiger partial charge in [-0.1, -0.05) is 0 Å². The van der Waals surface area contributed by atoms with Gasteiger partial charge in [-0.05, 0) is 19.3 Å². The monoisotopic (exact) mass is 790 g/mol. The highest BCUT2D eigenvalue weighted by molar-refractivity contribution is 6.00. The number of methoxy groups -OCH3 is 2. The molecule has 1 heterocycles.